The predicted octanol–water partition coefficient (Wildman–Crippen LogP) is 3.25. The Morgan fingerprint density at radius 2 is 2.05 bits per heavy atom. The van der Waals surface area contributed by atoms with E-state index in [1.54, 1.807) is 0 Å². The largest absolute Gasteiger partial charge is 0.335 e. The first kappa shape index (κ1) is 12.2. The summed E-state index contributed by atoms with van der Waals surface area (Å²) in [5, 5.41) is 1.07. The van der Waals surface area contributed by atoms with Gasteiger partial charge in [-0.2, -0.15) is 0 Å². The zero-order valence-electron chi connectivity index (χ0n) is 11.2. The van der Waals surface area contributed by atoms with E-state index >= 15 is 0 Å². The molecular formula is C16H18N2O. The summed E-state index contributed by atoms with van der Waals surface area (Å²) in [7, 11) is 0. The van der Waals surface area contributed by atoms with Gasteiger partial charge in [-0.1, -0.05) is 24.3 Å². The van der Waals surface area contributed by atoms with Crippen molar-refractivity contribution in [3.8, 4) is 0 Å². The van der Waals surface area contributed by atoms with Crippen LogP contribution >= 0.6 is 0 Å². The van der Waals surface area contributed by atoms with Gasteiger partial charge in [-0.05, 0) is 38.3 Å². The second-order valence-electron chi connectivity index (χ2n) is 5.23. The molecule has 1 aliphatic rings. The van der Waals surface area contributed by atoms with Gasteiger partial charge in [-0.25, -0.2) is 4.98 Å². The van der Waals surface area contributed by atoms with Crippen LogP contribution in [0.15, 0.2) is 36.4 Å². The van der Waals surface area contributed by atoms with Gasteiger partial charge in [0, 0.05) is 18.0 Å². The summed E-state index contributed by atoms with van der Waals surface area (Å²) >= 11 is 0. The van der Waals surface area contributed by atoms with Crippen molar-refractivity contribution in [2.75, 3.05) is 6.54 Å². The topological polar surface area (TPSA) is 33.2 Å². The number of likely N-dealkylation sites (tertiary alicyclic amines) is 1. The number of nitrogens with zero attached hydrogens (tertiary/aromatic N) is 2. The number of para-hydroxylation sites is 1. The minimum atomic E-state index is 0.0675. The number of rotatable bonds is 1. The van der Waals surface area contributed by atoms with Crippen LogP contribution < -0.4 is 0 Å². The minimum absolute atomic E-state index is 0.0675. The number of hydrogen-bond donors (Lipinski definition) is 0. The first-order valence-corrected chi connectivity index (χ1v) is 6.92. The Morgan fingerprint density at radius 3 is 2.89 bits per heavy atom. The van der Waals surface area contributed by atoms with Crippen molar-refractivity contribution >= 4 is 16.8 Å². The number of carbonyl (C=O) groups is 1. The molecule has 0 bridgehead atoms. The molecule has 1 aromatic heterocycles. The molecule has 0 N–H and O–H groups in total. The van der Waals surface area contributed by atoms with Gasteiger partial charge < -0.3 is 4.90 Å². The molecule has 1 aliphatic heterocycles. The van der Waals surface area contributed by atoms with Crippen molar-refractivity contribution < 1.29 is 4.79 Å². The van der Waals surface area contributed by atoms with E-state index in [1.165, 1.54) is 6.42 Å². The summed E-state index contributed by atoms with van der Waals surface area (Å²) in [6, 6.07) is 12.0. The predicted molar refractivity (Wildman–Crippen MR) is 76.1 cm³/mol. The van der Waals surface area contributed by atoms with Crippen LogP contribution in [-0.2, 0) is 0 Å². The second kappa shape index (κ2) is 5.00. The molecule has 1 amide bonds. The molecule has 1 fully saturated rings. The van der Waals surface area contributed by atoms with Gasteiger partial charge in [0.1, 0.15) is 5.69 Å². The van der Waals surface area contributed by atoms with E-state index in [1.807, 2.05) is 41.3 Å². The standard InChI is InChI=1S/C16H18N2O/c1-12-6-4-5-11-18(12)16(19)15-10-9-13-7-2-3-8-14(13)17-15/h2-3,7-10,12H,4-6,11H2,1H3. The van der Waals surface area contributed by atoms with Crippen LogP contribution in [-0.4, -0.2) is 28.4 Å². The van der Waals surface area contributed by atoms with Gasteiger partial charge in [0.2, 0.25) is 0 Å². The average Bonchev–Trinajstić information content (AvgIpc) is 2.46. The van der Waals surface area contributed by atoms with Crippen molar-refractivity contribution in [3.63, 3.8) is 0 Å². The summed E-state index contributed by atoms with van der Waals surface area (Å²) < 4.78 is 0. The summed E-state index contributed by atoms with van der Waals surface area (Å²) in [5.41, 5.74) is 1.45. The van der Waals surface area contributed by atoms with Gasteiger partial charge in [-0.15, -0.1) is 0 Å². The van der Waals surface area contributed by atoms with E-state index in [-0.39, 0.29) is 5.91 Å². The molecular weight excluding hydrogens is 236 g/mol. The number of hydrogen-bond acceptors (Lipinski definition) is 2. The van der Waals surface area contributed by atoms with Gasteiger partial charge in [0.05, 0.1) is 5.52 Å². The van der Waals surface area contributed by atoms with Crippen molar-refractivity contribution in [2.24, 2.45) is 0 Å². The van der Waals surface area contributed by atoms with Crippen LogP contribution in [0.3, 0.4) is 0 Å². The lowest BCUT2D eigenvalue weighted by molar-refractivity contribution is 0.0630. The Labute approximate surface area is 113 Å². The van der Waals surface area contributed by atoms with Gasteiger partial charge in [-0.3, -0.25) is 4.79 Å². The fraction of sp³-hybridized carbons (Fsp3) is 0.375. The Kier molecular flexibility index (Phi) is 3.20. The van der Waals surface area contributed by atoms with Crippen LogP contribution in [0.5, 0.6) is 0 Å². The lowest BCUT2D eigenvalue weighted by Crippen LogP contribution is -2.42. The van der Waals surface area contributed by atoms with E-state index in [9.17, 15) is 4.79 Å². The Hall–Kier alpha value is -1.90. The summed E-state index contributed by atoms with van der Waals surface area (Å²) in [6.07, 6.45) is 3.42. The molecule has 1 aromatic carbocycles. The molecule has 2 heterocycles. The van der Waals surface area contributed by atoms with Crippen molar-refractivity contribution in [1.29, 1.82) is 0 Å². The molecule has 0 radical (unpaired) electrons. The number of piperidine rings is 1. The smallest absolute Gasteiger partial charge is 0.272 e. The lowest BCUT2D eigenvalue weighted by Gasteiger charge is -2.33. The highest BCUT2D eigenvalue weighted by atomic mass is 16.2. The summed E-state index contributed by atoms with van der Waals surface area (Å²) in [4.78, 5) is 19.0. The number of fused-ring (bicyclic) bond motifs is 1. The van der Waals surface area contributed by atoms with Crippen molar-refractivity contribution in [1.82, 2.24) is 9.88 Å². The molecule has 0 saturated carbocycles. The first-order valence-electron chi connectivity index (χ1n) is 6.92. The van der Waals surface area contributed by atoms with Crippen molar-refractivity contribution in [2.45, 2.75) is 32.2 Å². The van der Waals surface area contributed by atoms with Crippen LogP contribution in [0.1, 0.15) is 36.7 Å². The number of carbonyl (C=O) groups excluding carboxylic acids is 1. The zero-order valence-corrected chi connectivity index (χ0v) is 11.2. The lowest BCUT2D eigenvalue weighted by atomic mass is 10.0. The fourth-order valence-corrected chi connectivity index (χ4v) is 2.73. The summed E-state index contributed by atoms with van der Waals surface area (Å²) in [5.74, 6) is 0.0675. The maximum Gasteiger partial charge on any atom is 0.272 e. The first-order chi connectivity index (χ1) is 9.25. The zero-order chi connectivity index (χ0) is 13.2. The minimum Gasteiger partial charge on any atom is -0.335 e. The van der Waals surface area contributed by atoms with E-state index in [2.05, 4.69) is 11.9 Å². The Morgan fingerprint density at radius 1 is 1.21 bits per heavy atom. The Bertz CT molecular complexity index is 608. The van der Waals surface area contributed by atoms with Gasteiger partial charge in [0.15, 0.2) is 0 Å². The van der Waals surface area contributed by atoms with Crippen molar-refractivity contribution in [3.05, 3.63) is 42.1 Å². The highest BCUT2D eigenvalue weighted by Crippen LogP contribution is 2.20. The van der Waals surface area contributed by atoms with Gasteiger partial charge >= 0.3 is 0 Å². The third-order valence-corrected chi connectivity index (χ3v) is 3.88. The van der Waals surface area contributed by atoms with E-state index in [0.29, 0.717) is 11.7 Å². The number of pyridine rings is 1. The highest BCUT2D eigenvalue weighted by Gasteiger charge is 2.24. The average molecular weight is 254 g/mol. The fourth-order valence-electron chi connectivity index (χ4n) is 2.73. The van der Waals surface area contributed by atoms with Crippen LogP contribution in [0, 0.1) is 0 Å². The summed E-state index contributed by atoms with van der Waals surface area (Å²) in [6.45, 7) is 2.98. The molecule has 1 saturated heterocycles. The molecule has 3 rings (SSSR count). The van der Waals surface area contributed by atoms with Gasteiger partial charge in [0.25, 0.3) is 5.91 Å². The number of amides is 1. The number of aromatic nitrogens is 1. The SMILES string of the molecule is CC1CCCCN1C(=O)c1ccc2ccccc2n1. The monoisotopic (exact) mass is 254 g/mol. The molecule has 0 spiro atoms. The van der Waals surface area contributed by atoms with E-state index < -0.39 is 0 Å². The maximum atomic E-state index is 12.5. The van der Waals surface area contributed by atoms with Crippen LogP contribution in [0.2, 0.25) is 0 Å². The van der Waals surface area contributed by atoms with E-state index in [4.69, 9.17) is 0 Å². The van der Waals surface area contributed by atoms with Crippen LogP contribution in [0.25, 0.3) is 10.9 Å². The second-order valence-corrected chi connectivity index (χ2v) is 5.23. The molecule has 98 valence electrons. The van der Waals surface area contributed by atoms with Crippen LogP contribution in [0.4, 0.5) is 0 Å². The molecule has 19 heavy (non-hydrogen) atoms. The molecule has 3 nitrogen and oxygen atoms in total. The maximum absolute atomic E-state index is 12.5. The molecule has 2 aromatic rings. The quantitative estimate of drug-likeness (QED) is 0.782. The Balaban J connectivity index is 1.92. The third-order valence-electron chi connectivity index (χ3n) is 3.88. The molecule has 1 unspecified atom stereocenters. The molecule has 0 aliphatic carbocycles. The third kappa shape index (κ3) is 2.33. The normalized spacial score (nSPS) is 19.6. The molecule has 3 heteroatoms. The van der Waals surface area contributed by atoms with E-state index in [0.717, 1.165) is 30.3 Å². The molecule has 1 atom stereocenters. The number of benzene rings is 1. The highest BCUT2D eigenvalue weighted by molar-refractivity contribution is 5.95.